The summed E-state index contributed by atoms with van der Waals surface area (Å²) in [4.78, 5) is 18.0. The molecule has 2 aromatic carbocycles. The van der Waals surface area contributed by atoms with E-state index in [1.54, 1.807) is 31.4 Å². The van der Waals surface area contributed by atoms with Crippen LogP contribution in [0.5, 0.6) is 5.75 Å². The lowest BCUT2D eigenvalue weighted by atomic mass is 10.1. The molecule has 1 aromatic heterocycles. The average molecular weight is 407 g/mol. The first-order valence-electron chi connectivity index (χ1n) is 8.52. The molecule has 4 nitrogen and oxygen atoms in total. The zero-order valence-electron chi connectivity index (χ0n) is 15.5. The van der Waals surface area contributed by atoms with Gasteiger partial charge in [-0.25, -0.2) is 4.98 Å². The third kappa shape index (κ3) is 4.50. The van der Waals surface area contributed by atoms with Gasteiger partial charge in [0.15, 0.2) is 5.78 Å². The molecule has 0 unspecified atom stereocenters. The topological polar surface area (TPSA) is 63.0 Å². The van der Waals surface area contributed by atoms with Gasteiger partial charge in [0.05, 0.1) is 18.4 Å². The highest BCUT2D eigenvalue weighted by Crippen LogP contribution is 2.32. The zero-order valence-corrected chi connectivity index (χ0v) is 17.1. The zero-order chi connectivity index (χ0) is 19.9. The minimum Gasteiger partial charge on any atom is -0.497 e. The number of hydrogen-bond donors (Lipinski definition) is 0. The van der Waals surface area contributed by atoms with E-state index < -0.39 is 0 Å². The number of carbonyl (C=O) groups is 1. The fourth-order valence-electron chi connectivity index (χ4n) is 2.65. The van der Waals surface area contributed by atoms with Gasteiger partial charge in [0.2, 0.25) is 0 Å². The molecule has 0 radical (unpaired) electrons. The van der Waals surface area contributed by atoms with Crippen LogP contribution in [-0.2, 0) is 0 Å². The second-order valence-electron chi connectivity index (χ2n) is 5.85. The Bertz CT molecular complexity index is 1030. The first kappa shape index (κ1) is 19.9. The van der Waals surface area contributed by atoms with E-state index in [-0.39, 0.29) is 12.2 Å². The second kappa shape index (κ2) is 9.36. The maximum Gasteiger partial charge on any atom is 0.167 e. The van der Waals surface area contributed by atoms with E-state index in [2.05, 4.69) is 11.1 Å². The molecule has 28 heavy (non-hydrogen) atoms. The number of thioether (sulfide) groups is 1. The van der Waals surface area contributed by atoms with Gasteiger partial charge in [-0.05, 0) is 30.5 Å². The van der Waals surface area contributed by atoms with Crippen molar-refractivity contribution in [2.75, 3.05) is 13.4 Å². The summed E-state index contributed by atoms with van der Waals surface area (Å²) >= 11 is 2.90. The maximum absolute atomic E-state index is 12.7. The number of rotatable bonds is 7. The fraction of sp³-hybridized carbons (Fsp3) is 0.136. The number of benzene rings is 2. The van der Waals surface area contributed by atoms with E-state index in [4.69, 9.17) is 4.74 Å². The second-order valence-corrected chi connectivity index (χ2v) is 7.61. The normalized spacial score (nSPS) is 11.5. The van der Waals surface area contributed by atoms with Gasteiger partial charge in [-0.1, -0.05) is 30.3 Å². The van der Waals surface area contributed by atoms with Gasteiger partial charge in [0.25, 0.3) is 0 Å². The van der Waals surface area contributed by atoms with Crippen molar-refractivity contribution in [3.63, 3.8) is 0 Å². The van der Waals surface area contributed by atoms with Gasteiger partial charge in [-0.2, -0.15) is 5.26 Å². The number of nitriles is 1. The number of Topliss-reactive ketones (excluding diaryl/α,β-unsaturated/α-hetero) is 1. The van der Waals surface area contributed by atoms with E-state index in [0.717, 1.165) is 10.6 Å². The summed E-state index contributed by atoms with van der Waals surface area (Å²) in [6.45, 7) is 0. The van der Waals surface area contributed by atoms with Crippen LogP contribution in [0.2, 0.25) is 0 Å². The molecular formula is C22H18N2O2S2. The van der Waals surface area contributed by atoms with Gasteiger partial charge < -0.3 is 4.74 Å². The fourth-order valence-corrected chi connectivity index (χ4v) is 4.10. The molecule has 3 rings (SSSR count). The number of hydrogen-bond acceptors (Lipinski definition) is 6. The molecule has 0 aliphatic heterocycles. The van der Waals surface area contributed by atoms with Crippen molar-refractivity contribution in [1.82, 2.24) is 4.98 Å². The predicted octanol–water partition coefficient (Wildman–Crippen LogP) is 5.69. The summed E-state index contributed by atoms with van der Waals surface area (Å²) in [6, 6.07) is 19.1. The lowest BCUT2D eigenvalue weighted by Gasteiger charge is -2.07. The Morgan fingerprint density at radius 2 is 1.89 bits per heavy atom. The molecule has 0 aliphatic carbocycles. The van der Waals surface area contributed by atoms with Crippen LogP contribution < -0.4 is 4.74 Å². The van der Waals surface area contributed by atoms with Gasteiger partial charge >= 0.3 is 0 Å². The van der Waals surface area contributed by atoms with Crippen LogP contribution in [0.3, 0.4) is 0 Å². The minimum absolute atomic E-state index is 0.0433. The molecule has 0 aliphatic rings. The number of thiazole rings is 1. The van der Waals surface area contributed by atoms with Crippen LogP contribution in [0.1, 0.15) is 22.5 Å². The van der Waals surface area contributed by atoms with Gasteiger partial charge in [-0.15, -0.1) is 23.1 Å². The summed E-state index contributed by atoms with van der Waals surface area (Å²) in [7, 11) is 1.59. The van der Waals surface area contributed by atoms with Crippen molar-refractivity contribution >= 4 is 34.5 Å². The van der Waals surface area contributed by atoms with Crippen LogP contribution in [0, 0.1) is 11.3 Å². The maximum atomic E-state index is 12.7. The third-order valence-corrected chi connectivity index (χ3v) is 5.88. The lowest BCUT2D eigenvalue weighted by molar-refractivity contribution is 0.0995. The van der Waals surface area contributed by atoms with Crippen LogP contribution >= 0.6 is 23.1 Å². The number of methoxy groups -OCH3 is 1. The minimum atomic E-state index is -0.0433. The predicted molar refractivity (Wildman–Crippen MR) is 116 cm³/mol. The van der Waals surface area contributed by atoms with Crippen LogP contribution in [0.15, 0.2) is 64.9 Å². The number of ether oxygens (including phenoxy) is 1. The smallest absolute Gasteiger partial charge is 0.167 e. The summed E-state index contributed by atoms with van der Waals surface area (Å²) in [5.41, 5.74) is 2.66. The third-order valence-electron chi connectivity index (χ3n) is 4.15. The van der Waals surface area contributed by atoms with E-state index in [1.165, 1.54) is 23.1 Å². The van der Waals surface area contributed by atoms with Gasteiger partial charge in [-0.3, -0.25) is 4.79 Å². The number of nitrogens with zero attached hydrogens (tertiary/aromatic N) is 2. The Labute approximate surface area is 172 Å². The summed E-state index contributed by atoms with van der Waals surface area (Å²) in [6.07, 6.45) is 2.03. The molecule has 0 saturated carbocycles. The van der Waals surface area contributed by atoms with Crippen LogP contribution in [0.25, 0.3) is 16.1 Å². The standard InChI is InChI=1S/C22H18N2O2S2/c1-26-17-10-8-15(9-11-17)20(25)12-21(27-2)18(13-23)19-14-28-22(24-19)16-6-4-3-5-7-16/h3-11,14H,12H2,1-2H3/b21-18+. The molecule has 3 aromatic rings. The highest BCUT2D eigenvalue weighted by atomic mass is 32.2. The number of allylic oxidation sites excluding steroid dienone is 2. The average Bonchev–Trinajstić information content (AvgIpc) is 3.24. The van der Waals surface area contributed by atoms with Crippen molar-refractivity contribution in [3.05, 3.63) is 76.1 Å². The van der Waals surface area contributed by atoms with E-state index >= 15 is 0 Å². The molecule has 6 heteroatoms. The van der Waals surface area contributed by atoms with Crippen molar-refractivity contribution in [3.8, 4) is 22.4 Å². The quantitative estimate of drug-likeness (QED) is 0.373. The molecule has 0 amide bonds. The molecule has 0 saturated heterocycles. The van der Waals surface area contributed by atoms with Crippen molar-refractivity contribution in [2.45, 2.75) is 6.42 Å². The van der Waals surface area contributed by atoms with Crippen molar-refractivity contribution in [2.24, 2.45) is 0 Å². The van der Waals surface area contributed by atoms with Gasteiger partial charge in [0.1, 0.15) is 16.8 Å². The molecule has 0 atom stereocenters. The molecule has 0 fully saturated rings. The summed E-state index contributed by atoms with van der Waals surface area (Å²) in [5.74, 6) is 0.657. The Morgan fingerprint density at radius 1 is 1.18 bits per heavy atom. The summed E-state index contributed by atoms with van der Waals surface area (Å²) < 4.78 is 5.13. The Balaban J connectivity index is 1.88. The monoisotopic (exact) mass is 406 g/mol. The van der Waals surface area contributed by atoms with Crippen LogP contribution in [0.4, 0.5) is 0 Å². The number of carbonyl (C=O) groups excluding carboxylic acids is 1. The molecule has 140 valence electrons. The molecule has 0 bridgehead atoms. The number of aromatic nitrogens is 1. The van der Waals surface area contributed by atoms with E-state index in [9.17, 15) is 10.1 Å². The Morgan fingerprint density at radius 3 is 2.50 bits per heavy atom. The molecule has 0 spiro atoms. The van der Waals surface area contributed by atoms with Crippen molar-refractivity contribution in [1.29, 1.82) is 5.26 Å². The van der Waals surface area contributed by atoms with Gasteiger partial charge in [0, 0.05) is 27.8 Å². The molecule has 1 heterocycles. The first-order chi connectivity index (χ1) is 13.7. The molecule has 0 N–H and O–H groups in total. The largest absolute Gasteiger partial charge is 0.497 e. The molecular weight excluding hydrogens is 388 g/mol. The summed E-state index contributed by atoms with van der Waals surface area (Å²) in [5, 5.41) is 12.5. The Kier molecular flexibility index (Phi) is 6.64. The van der Waals surface area contributed by atoms with E-state index in [1.807, 2.05) is 42.0 Å². The van der Waals surface area contributed by atoms with Crippen molar-refractivity contribution < 1.29 is 9.53 Å². The Hall–Kier alpha value is -2.88. The highest BCUT2D eigenvalue weighted by molar-refractivity contribution is 8.02. The van der Waals surface area contributed by atoms with E-state index in [0.29, 0.717) is 27.5 Å². The highest BCUT2D eigenvalue weighted by Gasteiger charge is 2.17. The SMILES string of the molecule is COc1ccc(C(=O)C/C(SC)=C(/C#N)c2csc(-c3ccccc3)n2)cc1. The lowest BCUT2D eigenvalue weighted by Crippen LogP contribution is -2.01. The number of ketones is 1. The first-order valence-corrected chi connectivity index (χ1v) is 10.6. The van der Waals surface area contributed by atoms with Crippen LogP contribution in [-0.4, -0.2) is 24.1 Å².